The molecule has 1 aromatic carbocycles. The SMILES string of the molecule is COC(=O)c1cc2c(I)c(C3CCCCC3)n(C)c2cc1O. The minimum Gasteiger partial charge on any atom is -0.507 e. The minimum atomic E-state index is -0.502. The lowest BCUT2D eigenvalue weighted by molar-refractivity contribution is 0.0597. The Hall–Kier alpha value is -1.24. The van der Waals surface area contributed by atoms with E-state index in [0.717, 1.165) is 10.9 Å². The van der Waals surface area contributed by atoms with Gasteiger partial charge in [-0.2, -0.15) is 0 Å². The van der Waals surface area contributed by atoms with Crippen LogP contribution in [0.1, 0.15) is 54.1 Å². The van der Waals surface area contributed by atoms with Crippen LogP contribution in [0.15, 0.2) is 12.1 Å². The van der Waals surface area contributed by atoms with E-state index < -0.39 is 5.97 Å². The molecule has 0 spiro atoms. The van der Waals surface area contributed by atoms with Gasteiger partial charge in [0.15, 0.2) is 0 Å². The average molecular weight is 413 g/mol. The summed E-state index contributed by atoms with van der Waals surface area (Å²) in [7, 11) is 3.38. The number of hydrogen-bond donors (Lipinski definition) is 1. The lowest BCUT2D eigenvalue weighted by Crippen LogP contribution is -2.10. The van der Waals surface area contributed by atoms with Crippen LogP contribution in [-0.4, -0.2) is 22.8 Å². The molecule has 4 nitrogen and oxygen atoms in total. The summed E-state index contributed by atoms with van der Waals surface area (Å²) in [5.41, 5.74) is 2.53. The molecule has 0 unspecified atom stereocenters. The van der Waals surface area contributed by atoms with Gasteiger partial charge < -0.3 is 14.4 Å². The fourth-order valence-electron chi connectivity index (χ4n) is 3.55. The lowest BCUT2D eigenvalue weighted by Gasteiger charge is -2.23. The quantitative estimate of drug-likeness (QED) is 0.590. The zero-order valence-corrected chi connectivity index (χ0v) is 15.0. The van der Waals surface area contributed by atoms with E-state index in [1.165, 1.54) is 48.5 Å². The maximum Gasteiger partial charge on any atom is 0.341 e. The second-order valence-corrected chi connectivity index (χ2v) is 7.05. The normalized spacial score (nSPS) is 16.1. The topological polar surface area (TPSA) is 51.5 Å². The van der Waals surface area contributed by atoms with Gasteiger partial charge in [0.2, 0.25) is 0 Å². The van der Waals surface area contributed by atoms with Gasteiger partial charge in [0.1, 0.15) is 11.3 Å². The number of aromatic hydroxyl groups is 1. The highest BCUT2D eigenvalue weighted by atomic mass is 127. The summed E-state index contributed by atoms with van der Waals surface area (Å²) >= 11 is 2.37. The van der Waals surface area contributed by atoms with Crippen molar-refractivity contribution in [3.63, 3.8) is 0 Å². The smallest absolute Gasteiger partial charge is 0.341 e. The Bertz CT molecular complexity index is 729. The molecular weight excluding hydrogens is 393 g/mol. The van der Waals surface area contributed by atoms with Gasteiger partial charge in [-0.15, -0.1) is 0 Å². The van der Waals surface area contributed by atoms with Crippen LogP contribution in [-0.2, 0) is 11.8 Å². The number of aryl methyl sites for hydroxylation is 1. The molecule has 0 saturated heterocycles. The third-order valence-electron chi connectivity index (χ3n) is 4.70. The van der Waals surface area contributed by atoms with E-state index in [0.29, 0.717) is 5.92 Å². The third-order valence-corrected chi connectivity index (χ3v) is 5.83. The van der Waals surface area contributed by atoms with Crippen molar-refractivity contribution in [3.05, 3.63) is 27.0 Å². The molecule has 5 heteroatoms. The minimum absolute atomic E-state index is 0.0217. The second-order valence-electron chi connectivity index (χ2n) is 5.97. The highest BCUT2D eigenvalue weighted by Gasteiger charge is 2.25. The van der Waals surface area contributed by atoms with Crippen LogP contribution < -0.4 is 0 Å². The fraction of sp³-hybridized carbons (Fsp3) is 0.471. The number of benzene rings is 1. The Morgan fingerprint density at radius 2 is 2.00 bits per heavy atom. The third kappa shape index (κ3) is 2.49. The zero-order valence-electron chi connectivity index (χ0n) is 12.9. The number of carbonyl (C=O) groups is 1. The number of esters is 1. The molecule has 1 fully saturated rings. The molecule has 0 bridgehead atoms. The largest absolute Gasteiger partial charge is 0.507 e. The van der Waals surface area contributed by atoms with E-state index >= 15 is 0 Å². The molecular formula is C17H20INO3. The summed E-state index contributed by atoms with van der Waals surface area (Å²) in [4.78, 5) is 11.8. The number of halogens is 1. The molecule has 118 valence electrons. The Morgan fingerprint density at radius 1 is 1.32 bits per heavy atom. The summed E-state index contributed by atoms with van der Waals surface area (Å²) in [5.74, 6) is 0.0478. The van der Waals surface area contributed by atoms with Crippen LogP contribution in [0.25, 0.3) is 10.9 Å². The van der Waals surface area contributed by atoms with Crippen LogP contribution in [0.3, 0.4) is 0 Å². The molecule has 3 rings (SSSR count). The number of ether oxygens (including phenoxy) is 1. The Labute approximate surface area is 143 Å². The van der Waals surface area contributed by atoms with Crippen LogP contribution in [0.4, 0.5) is 0 Å². The molecule has 0 atom stereocenters. The molecule has 1 aromatic heterocycles. The highest BCUT2D eigenvalue weighted by Crippen LogP contribution is 2.40. The van der Waals surface area contributed by atoms with Gasteiger partial charge in [0.05, 0.1) is 12.6 Å². The van der Waals surface area contributed by atoms with Crippen LogP contribution in [0.5, 0.6) is 5.75 Å². The predicted molar refractivity (Wildman–Crippen MR) is 94.5 cm³/mol. The van der Waals surface area contributed by atoms with Crippen LogP contribution in [0.2, 0.25) is 0 Å². The highest BCUT2D eigenvalue weighted by molar-refractivity contribution is 14.1. The summed E-state index contributed by atoms with van der Waals surface area (Å²) < 4.78 is 8.11. The number of fused-ring (bicyclic) bond motifs is 1. The van der Waals surface area contributed by atoms with E-state index in [2.05, 4.69) is 27.2 Å². The maximum absolute atomic E-state index is 11.8. The van der Waals surface area contributed by atoms with Crippen molar-refractivity contribution >= 4 is 39.5 Å². The lowest BCUT2D eigenvalue weighted by atomic mass is 9.87. The van der Waals surface area contributed by atoms with Gasteiger partial charge in [-0.25, -0.2) is 4.79 Å². The van der Waals surface area contributed by atoms with Crippen molar-refractivity contribution < 1.29 is 14.6 Å². The number of nitrogens with zero attached hydrogens (tertiary/aromatic N) is 1. The number of methoxy groups -OCH3 is 1. The number of hydrogen-bond acceptors (Lipinski definition) is 3. The number of phenols is 1. The van der Waals surface area contributed by atoms with Crippen molar-refractivity contribution in [1.29, 1.82) is 0 Å². The van der Waals surface area contributed by atoms with Crippen LogP contribution >= 0.6 is 22.6 Å². The van der Waals surface area contributed by atoms with E-state index in [1.54, 1.807) is 12.1 Å². The van der Waals surface area contributed by atoms with Gasteiger partial charge in [-0.3, -0.25) is 0 Å². The molecule has 0 aliphatic heterocycles. The monoisotopic (exact) mass is 413 g/mol. The molecule has 0 amide bonds. The molecule has 2 aromatic rings. The standard InChI is InChI=1S/C17H20INO3/c1-19-13-9-14(20)12(17(21)22-2)8-11(13)15(18)16(19)10-6-4-3-5-7-10/h8-10,20H,3-7H2,1-2H3. The summed E-state index contributed by atoms with van der Waals surface area (Å²) in [6.45, 7) is 0. The molecule has 1 heterocycles. The summed E-state index contributed by atoms with van der Waals surface area (Å²) in [5, 5.41) is 11.1. The average Bonchev–Trinajstić information content (AvgIpc) is 2.77. The summed E-state index contributed by atoms with van der Waals surface area (Å²) in [6.07, 6.45) is 6.32. The first-order valence-corrected chi connectivity index (χ1v) is 8.71. The maximum atomic E-state index is 11.8. The molecule has 1 saturated carbocycles. The Kier molecular flexibility index (Phi) is 4.34. The van der Waals surface area contributed by atoms with Gasteiger partial charge in [0, 0.05) is 33.7 Å². The van der Waals surface area contributed by atoms with Crippen molar-refractivity contribution in [2.24, 2.45) is 7.05 Å². The van der Waals surface area contributed by atoms with Crippen LogP contribution in [0, 0.1) is 3.57 Å². The number of phenolic OH excluding ortho intramolecular Hbond substituents is 1. The first-order valence-electron chi connectivity index (χ1n) is 7.63. The number of rotatable bonds is 2. The van der Waals surface area contributed by atoms with Crippen molar-refractivity contribution in [1.82, 2.24) is 4.57 Å². The van der Waals surface area contributed by atoms with Crippen molar-refractivity contribution in [3.8, 4) is 5.75 Å². The first kappa shape index (κ1) is 15.6. The molecule has 1 aliphatic rings. The Balaban J connectivity index is 2.17. The molecule has 0 radical (unpaired) electrons. The molecule has 22 heavy (non-hydrogen) atoms. The summed E-state index contributed by atoms with van der Waals surface area (Å²) in [6, 6.07) is 3.43. The van der Waals surface area contributed by atoms with Gasteiger partial charge in [-0.05, 0) is 41.5 Å². The van der Waals surface area contributed by atoms with E-state index in [-0.39, 0.29) is 11.3 Å². The van der Waals surface area contributed by atoms with Crippen molar-refractivity contribution in [2.45, 2.75) is 38.0 Å². The fourth-order valence-corrected chi connectivity index (χ4v) is 4.78. The predicted octanol–water partition coefficient (Wildman–Crippen LogP) is 4.32. The Morgan fingerprint density at radius 3 is 2.64 bits per heavy atom. The second kappa shape index (κ2) is 6.10. The van der Waals surface area contributed by atoms with Gasteiger partial charge >= 0.3 is 5.97 Å². The van der Waals surface area contributed by atoms with E-state index in [9.17, 15) is 9.90 Å². The number of aromatic nitrogens is 1. The van der Waals surface area contributed by atoms with E-state index in [4.69, 9.17) is 4.74 Å². The molecule has 1 aliphatic carbocycles. The number of carbonyl (C=O) groups excluding carboxylic acids is 1. The first-order chi connectivity index (χ1) is 10.5. The van der Waals surface area contributed by atoms with E-state index in [1.807, 2.05) is 7.05 Å². The zero-order chi connectivity index (χ0) is 15.9. The molecule has 1 N–H and O–H groups in total. The van der Waals surface area contributed by atoms with Crippen molar-refractivity contribution in [2.75, 3.05) is 7.11 Å². The van der Waals surface area contributed by atoms with Gasteiger partial charge in [0.25, 0.3) is 0 Å². The van der Waals surface area contributed by atoms with Gasteiger partial charge in [-0.1, -0.05) is 19.3 Å².